The van der Waals surface area contributed by atoms with E-state index < -0.39 is 0 Å². The predicted molar refractivity (Wildman–Crippen MR) is 123 cm³/mol. The Morgan fingerprint density at radius 3 is 2.82 bits per heavy atom. The Hall–Kier alpha value is -3.79. The second kappa shape index (κ2) is 8.99. The Morgan fingerprint density at radius 2 is 2.00 bits per heavy atom. The van der Waals surface area contributed by atoms with E-state index in [-0.39, 0.29) is 11.4 Å². The highest BCUT2D eigenvalue weighted by Gasteiger charge is 2.13. The molecule has 33 heavy (non-hydrogen) atoms. The van der Waals surface area contributed by atoms with Crippen LogP contribution in [0.5, 0.6) is 0 Å². The number of aryl methyl sites for hydroxylation is 2. The molecule has 5 rings (SSSR count). The highest BCUT2D eigenvalue weighted by molar-refractivity contribution is 7.99. The van der Waals surface area contributed by atoms with Crippen LogP contribution in [0, 0.1) is 12.7 Å². The average molecular weight is 463 g/mol. The lowest BCUT2D eigenvalue weighted by Gasteiger charge is -2.04. The van der Waals surface area contributed by atoms with Crippen molar-refractivity contribution in [2.45, 2.75) is 24.9 Å². The van der Waals surface area contributed by atoms with Crippen LogP contribution in [0.25, 0.3) is 28.1 Å². The molecule has 5 aromatic rings. The molecule has 0 saturated carbocycles. The van der Waals surface area contributed by atoms with Gasteiger partial charge in [-0.15, -0.1) is 0 Å². The molecule has 0 aliphatic rings. The number of rotatable bonds is 7. The Labute approximate surface area is 191 Å². The molecule has 2 aromatic carbocycles. The van der Waals surface area contributed by atoms with Gasteiger partial charge in [-0.1, -0.05) is 47.3 Å². The van der Waals surface area contributed by atoms with Crippen LogP contribution in [0.15, 0.2) is 69.2 Å². The zero-order valence-corrected chi connectivity index (χ0v) is 18.5. The standard InChI is InChI=1S/C23H19FN6O2S/c1-14-9-10-15(12-18(14)24)20-26-19(32-29-20)8-5-11-33-23-27-21-17(22(31)28-23)13-25-30(21)16-6-3-2-4-7-16/h2-4,6-7,9-10,12-13H,5,8,11H2,1H3,(H,27,28,31). The summed E-state index contributed by atoms with van der Waals surface area (Å²) in [5, 5.41) is 9.22. The van der Waals surface area contributed by atoms with E-state index in [1.54, 1.807) is 23.7 Å². The molecule has 8 nitrogen and oxygen atoms in total. The van der Waals surface area contributed by atoms with E-state index in [0.29, 0.717) is 51.2 Å². The maximum Gasteiger partial charge on any atom is 0.262 e. The quantitative estimate of drug-likeness (QED) is 0.218. The monoisotopic (exact) mass is 462 g/mol. The van der Waals surface area contributed by atoms with Gasteiger partial charge >= 0.3 is 0 Å². The lowest BCUT2D eigenvalue weighted by molar-refractivity contribution is 0.378. The number of H-pyrrole nitrogens is 1. The molecule has 0 radical (unpaired) electrons. The number of para-hydroxylation sites is 1. The van der Waals surface area contributed by atoms with Crippen LogP contribution in [-0.2, 0) is 6.42 Å². The van der Waals surface area contributed by atoms with Crippen LogP contribution >= 0.6 is 11.8 Å². The van der Waals surface area contributed by atoms with Gasteiger partial charge in [0.15, 0.2) is 10.8 Å². The topological polar surface area (TPSA) is 102 Å². The molecule has 166 valence electrons. The Bertz CT molecular complexity index is 1480. The number of thioether (sulfide) groups is 1. The Kier molecular flexibility index (Phi) is 5.74. The van der Waals surface area contributed by atoms with E-state index in [1.165, 1.54) is 24.0 Å². The van der Waals surface area contributed by atoms with E-state index in [4.69, 9.17) is 4.52 Å². The lowest BCUT2D eigenvalue weighted by Crippen LogP contribution is -2.10. The minimum Gasteiger partial charge on any atom is -0.339 e. The average Bonchev–Trinajstić information content (AvgIpc) is 3.47. The molecule has 1 N–H and O–H groups in total. The van der Waals surface area contributed by atoms with Gasteiger partial charge in [-0.3, -0.25) is 4.79 Å². The number of halogens is 1. The van der Waals surface area contributed by atoms with E-state index in [2.05, 4.69) is 25.2 Å². The van der Waals surface area contributed by atoms with Crippen molar-refractivity contribution in [2.24, 2.45) is 0 Å². The number of aromatic nitrogens is 6. The van der Waals surface area contributed by atoms with Gasteiger partial charge in [0.25, 0.3) is 5.56 Å². The molecule has 0 atom stereocenters. The predicted octanol–water partition coefficient (Wildman–Crippen LogP) is 4.33. The molecule has 10 heteroatoms. The van der Waals surface area contributed by atoms with Gasteiger partial charge in [0, 0.05) is 17.7 Å². The van der Waals surface area contributed by atoms with Crippen molar-refractivity contribution in [1.82, 2.24) is 29.9 Å². The number of benzene rings is 2. The third kappa shape index (κ3) is 4.42. The van der Waals surface area contributed by atoms with Crippen molar-refractivity contribution in [3.63, 3.8) is 0 Å². The van der Waals surface area contributed by atoms with E-state index in [9.17, 15) is 9.18 Å². The Balaban J connectivity index is 1.24. The number of hydrogen-bond acceptors (Lipinski definition) is 7. The van der Waals surface area contributed by atoms with E-state index in [1.807, 2.05) is 30.3 Å². The van der Waals surface area contributed by atoms with Crippen molar-refractivity contribution < 1.29 is 8.91 Å². The zero-order valence-electron chi connectivity index (χ0n) is 17.7. The van der Waals surface area contributed by atoms with Crippen molar-refractivity contribution in [2.75, 3.05) is 5.75 Å². The number of nitrogens with one attached hydrogen (secondary N) is 1. The Morgan fingerprint density at radius 1 is 1.15 bits per heavy atom. The van der Waals surface area contributed by atoms with Gasteiger partial charge in [-0.05, 0) is 37.1 Å². The van der Waals surface area contributed by atoms with Crippen LogP contribution in [0.2, 0.25) is 0 Å². The number of nitrogens with zero attached hydrogens (tertiary/aromatic N) is 5. The summed E-state index contributed by atoms with van der Waals surface area (Å²) in [5.41, 5.74) is 2.27. The summed E-state index contributed by atoms with van der Waals surface area (Å²) in [7, 11) is 0. The fourth-order valence-electron chi connectivity index (χ4n) is 3.32. The first kappa shape index (κ1) is 21.1. The number of hydrogen-bond donors (Lipinski definition) is 1. The van der Waals surface area contributed by atoms with Gasteiger partial charge in [0.1, 0.15) is 11.2 Å². The molecule has 0 aliphatic carbocycles. The largest absolute Gasteiger partial charge is 0.339 e. The second-order valence-electron chi connectivity index (χ2n) is 7.43. The molecule has 0 aliphatic heterocycles. The first-order valence-corrected chi connectivity index (χ1v) is 11.3. The number of aromatic amines is 1. The number of fused-ring (bicyclic) bond motifs is 1. The highest BCUT2D eigenvalue weighted by Crippen LogP contribution is 2.21. The van der Waals surface area contributed by atoms with Gasteiger partial charge < -0.3 is 9.51 Å². The molecule has 0 bridgehead atoms. The maximum atomic E-state index is 13.8. The van der Waals surface area contributed by atoms with E-state index >= 15 is 0 Å². The van der Waals surface area contributed by atoms with Crippen molar-refractivity contribution in [3.8, 4) is 17.1 Å². The van der Waals surface area contributed by atoms with Crippen LogP contribution < -0.4 is 5.56 Å². The molecule has 0 spiro atoms. The minimum atomic E-state index is -0.303. The third-order valence-corrected chi connectivity index (χ3v) is 6.05. The third-order valence-electron chi connectivity index (χ3n) is 5.09. The van der Waals surface area contributed by atoms with Gasteiger partial charge in [0.05, 0.1) is 11.9 Å². The van der Waals surface area contributed by atoms with Gasteiger partial charge in [-0.2, -0.15) is 10.1 Å². The van der Waals surface area contributed by atoms with Gasteiger partial charge in [-0.25, -0.2) is 14.1 Å². The van der Waals surface area contributed by atoms with Crippen molar-refractivity contribution in [1.29, 1.82) is 0 Å². The first-order chi connectivity index (χ1) is 16.1. The van der Waals surface area contributed by atoms with Gasteiger partial charge in [0.2, 0.25) is 11.7 Å². The van der Waals surface area contributed by atoms with Crippen LogP contribution in [0.1, 0.15) is 17.9 Å². The summed E-state index contributed by atoms with van der Waals surface area (Å²) >= 11 is 1.44. The highest BCUT2D eigenvalue weighted by atomic mass is 32.2. The van der Waals surface area contributed by atoms with E-state index in [0.717, 1.165) is 12.1 Å². The van der Waals surface area contributed by atoms with Crippen molar-refractivity contribution >= 4 is 22.8 Å². The summed E-state index contributed by atoms with van der Waals surface area (Å²) in [6, 6.07) is 14.4. The van der Waals surface area contributed by atoms with Crippen molar-refractivity contribution in [3.05, 3.63) is 82.4 Å². The minimum absolute atomic E-state index is 0.225. The molecule has 0 fully saturated rings. The summed E-state index contributed by atoms with van der Waals surface area (Å²) in [4.78, 5) is 24.2. The smallest absolute Gasteiger partial charge is 0.262 e. The molecular formula is C23H19FN6O2S. The fourth-order valence-corrected chi connectivity index (χ4v) is 4.12. The maximum absolute atomic E-state index is 13.8. The fraction of sp³-hybridized carbons (Fsp3) is 0.174. The molecule has 0 amide bonds. The lowest BCUT2D eigenvalue weighted by atomic mass is 10.1. The zero-order chi connectivity index (χ0) is 22.8. The van der Waals surface area contributed by atoms with Crippen LogP contribution in [0.3, 0.4) is 0 Å². The SMILES string of the molecule is Cc1ccc(-c2noc(CCCSc3nc4c(cnn4-c4ccccc4)c(=O)[nH]3)n2)cc1F. The summed E-state index contributed by atoms with van der Waals surface area (Å²) < 4.78 is 20.7. The summed E-state index contributed by atoms with van der Waals surface area (Å²) in [6.07, 6.45) is 2.81. The molecule has 0 unspecified atom stereocenters. The molecule has 3 aromatic heterocycles. The summed E-state index contributed by atoms with van der Waals surface area (Å²) in [5.74, 6) is 1.22. The normalized spacial score (nSPS) is 11.3. The molecule has 3 heterocycles. The molecule has 0 saturated heterocycles. The first-order valence-electron chi connectivity index (χ1n) is 10.3. The van der Waals surface area contributed by atoms with Crippen LogP contribution in [-0.4, -0.2) is 35.6 Å². The second-order valence-corrected chi connectivity index (χ2v) is 8.51. The van der Waals surface area contributed by atoms with Crippen LogP contribution in [0.4, 0.5) is 4.39 Å². The molecular weight excluding hydrogens is 443 g/mol. The summed E-state index contributed by atoms with van der Waals surface area (Å²) in [6.45, 7) is 1.70.